The van der Waals surface area contributed by atoms with Crippen LogP contribution >= 0.6 is 0 Å². The third-order valence-electron chi connectivity index (χ3n) is 1.83. The molecule has 0 aromatic heterocycles. The van der Waals surface area contributed by atoms with Crippen LogP contribution in [0.2, 0.25) is 0 Å². The summed E-state index contributed by atoms with van der Waals surface area (Å²) in [5.74, 6) is -0.695. The van der Waals surface area contributed by atoms with E-state index in [1.165, 1.54) is 0 Å². The van der Waals surface area contributed by atoms with Gasteiger partial charge in [0.2, 0.25) is 0 Å². The van der Waals surface area contributed by atoms with E-state index in [-0.39, 0.29) is 25.4 Å². The van der Waals surface area contributed by atoms with E-state index < -0.39 is 5.79 Å². The lowest BCUT2D eigenvalue weighted by Crippen LogP contribution is -2.47. The summed E-state index contributed by atoms with van der Waals surface area (Å²) in [7, 11) is 0. The highest BCUT2D eigenvalue weighted by Crippen LogP contribution is 2.25. The molecule has 2 unspecified atom stereocenters. The Balaban J connectivity index is 2.53. The first-order valence-corrected chi connectivity index (χ1v) is 4.15. The molecule has 0 spiro atoms. The molecule has 4 nitrogen and oxygen atoms in total. The van der Waals surface area contributed by atoms with Gasteiger partial charge in [-0.15, -0.1) is 0 Å². The number of hydrogen-bond acceptors (Lipinski definition) is 4. The predicted molar refractivity (Wildman–Crippen MR) is 42.6 cm³/mol. The molecule has 4 heteroatoms. The fraction of sp³-hybridized carbons (Fsp3) is 1.00. The van der Waals surface area contributed by atoms with Crippen molar-refractivity contribution >= 4 is 0 Å². The van der Waals surface area contributed by atoms with Crippen LogP contribution in [-0.2, 0) is 9.47 Å². The summed E-state index contributed by atoms with van der Waals surface area (Å²) < 4.78 is 10.7. The summed E-state index contributed by atoms with van der Waals surface area (Å²) in [6.07, 6.45) is 0.118. The Morgan fingerprint density at radius 3 is 1.92 bits per heavy atom. The highest BCUT2D eigenvalue weighted by molar-refractivity contribution is 4.75. The second-order valence-electron chi connectivity index (χ2n) is 3.48. The summed E-state index contributed by atoms with van der Waals surface area (Å²) in [5.41, 5.74) is 0. The van der Waals surface area contributed by atoms with Crippen molar-refractivity contribution in [1.82, 2.24) is 0 Å². The maximum absolute atomic E-state index is 8.87. The van der Waals surface area contributed by atoms with Crippen molar-refractivity contribution in [3.05, 3.63) is 0 Å². The van der Waals surface area contributed by atoms with Gasteiger partial charge < -0.3 is 19.7 Å². The molecule has 2 N–H and O–H groups in total. The zero-order chi connectivity index (χ0) is 9.19. The van der Waals surface area contributed by atoms with Crippen molar-refractivity contribution in [2.45, 2.75) is 38.3 Å². The molecule has 0 bridgehead atoms. The summed E-state index contributed by atoms with van der Waals surface area (Å²) in [6, 6.07) is 0. The van der Waals surface area contributed by atoms with E-state index in [2.05, 4.69) is 0 Å². The van der Waals surface area contributed by atoms with Gasteiger partial charge in [0.1, 0.15) is 0 Å². The van der Waals surface area contributed by atoms with Gasteiger partial charge in [-0.1, -0.05) is 0 Å². The number of ether oxygens (including phenoxy) is 2. The Kier molecular flexibility index (Phi) is 3.06. The van der Waals surface area contributed by atoms with Crippen LogP contribution < -0.4 is 0 Å². The average molecular weight is 176 g/mol. The smallest absolute Gasteiger partial charge is 0.163 e. The molecule has 1 rings (SSSR count). The lowest BCUT2D eigenvalue weighted by atomic mass is 10.1. The standard InChI is InChI=1S/C8H16O4/c1-8(2)11-6(4-9)3-7(5-10)12-8/h6-7,9-10H,3-5H2,1-2H3. The van der Waals surface area contributed by atoms with E-state index in [1.807, 2.05) is 0 Å². The maximum atomic E-state index is 8.87. The normalized spacial score (nSPS) is 35.0. The van der Waals surface area contributed by atoms with Crippen LogP contribution in [0.3, 0.4) is 0 Å². The topological polar surface area (TPSA) is 58.9 Å². The van der Waals surface area contributed by atoms with E-state index in [0.29, 0.717) is 6.42 Å². The van der Waals surface area contributed by atoms with Gasteiger partial charge >= 0.3 is 0 Å². The Morgan fingerprint density at radius 1 is 1.17 bits per heavy atom. The zero-order valence-electron chi connectivity index (χ0n) is 7.49. The van der Waals surface area contributed by atoms with E-state index in [4.69, 9.17) is 19.7 Å². The summed E-state index contributed by atoms with van der Waals surface area (Å²) in [6.45, 7) is 3.50. The molecule has 0 amide bonds. The minimum absolute atomic E-state index is 0.0245. The first kappa shape index (κ1) is 9.92. The highest BCUT2D eigenvalue weighted by atomic mass is 16.7. The van der Waals surface area contributed by atoms with Crippen molar-refractivity contribution in [3.8, 4) is 0 Å². The number of aliphatic hydroxyl groups excluding tert-OH is 2. The Hall–Kier alpha value is -0.160. The van der Waals surface area contributed by atoms with Gasteiger partial charge in [-0.3, -0.25) is 0 Å². The van der Waals surface area contributed by atoms with Crippen LogP contribution in [0.25, 0.3) is 0 Å². The van der Waals surface area contributed by atoms with Crippen molar-refractivity contribution in [3.63, 3.8) is 0 Å². The van der Waals surface area contributed by atoms with E-state index in [1.54, 1.807) is 13.8 Å². The monoisotopic (exact) mass is 176 g/mol. The number of aliphatic hydroxyl groups is 2. The third kappa shape index (κ3) is 2.42. The van der Waals surface area contributed by atoms with Gasteiger partial charge in [0.15, 0.2) is 5.79 Å². The number of hydrogen-bond donors (Lipinski definition) is 2. The predicted octanol–water partition coefficient (Wildman–Crippen LogP) is -0.119. The fourth-order valence-electron chi connectivity index (χ4n) is 1.44. The molecule has 0 aliphatic carbocycles. The van der Waals surface area contributed by atoms with Gasteiger partial charge in [0, 0.05) is 6.42 Å². The van der Waals surface area contributed by atoms with Crippen LogP contribution in [0, 0.1) is 0 Å². The van der Waals surface area contributed by atoms with E-state index in [0.717, 1.165) is 0 Å². The minimum Gasteiger partial charge on any atom is -0.394 e. The zero-order valence-corrected chi connectivity index (χ0v) is 7.49. The van der Waals surface area contributed by atoms with Crippen LogP contribution in [0.4, 0.5) is 0 Å². The first-order chi connectivity index (χ1) is 5.57. The van der Waals surface area contributed by atoms with Crippen molar-refractivity contribution in [2.75, 3.05) is 13.2 Å². The van der Waals surface area contributed by atoms with Gasteiger partial charge in [-0.05, 0) is 13.8 Å². The molecule has 1 heterocycles. The van der Waals surface area contributed by atoms with Crippen molar-refractivity contribution in [1.29, 1.82) is 0 Å². The molecule has 1 aliphatic rings. The van der Waals surface area contributed by atoms with Crippen molar-refractivity contribution < 1.29 is 19.7 Å². The molecule has 0 radical (unpaired) electrons. The van der Waals surface area contributed by atoms with Crippen LogP contribution in [0.15, 0.2) is 0 Å². The SMILES string of the molecule is CC1(C)OC(CO)CC(CO)O1. The van der Waals surface area contributed by atoms with Gasteiger partial charge in [-0.25, -0.2) is 0 Å². The second kappa shape index (κ2) is 3.70. The van der Waals surface area contributed by atoms with Gasteiger partial charge in [-0.2, -0.15) is 0 Å². The molecular formula is C8H16O4. The molecule has 72 valence electrons. The molecule has 0 saturated carbocycles. The summed E-state index contributed by atoms with van der Waals surface area (Å²) in [4.78, 5) is 0. The van der Waals surface area contributed by atoms with Crippen LogP contribution in [0.1, 0.15) is 20.3 Å². The molecular weight excluding hydrogens is 160 g/mol. The van der Waals surface area contributed by atoms with Crippen LogP contribution in [-0.4, -0.2) is 41.4 Å². The summed E-state index contributed by atoms with van der Waals surface area (Å²) >= 11 is 0. The largest absolute Gasteiger partial charge is 0.394 e. The molecule has 1 fully saturated rings. The molecule has 0 aromatic carbocycles. The van der Waals surface area contributed by atoms with Crippen molar-refractivity contribution in [2.24, 2.45) is 0 Å². The Bertz CT molecular complexity index is 132. The minimum atomic E-state index is -0.695. The van der Waals surface area contributed by atoms with E-state index >= 15 is 0 Å². The van der Waals surface area contributed by atoms with Crippen LogP contribution in [0.5, 0.6) is 0 Å². The fourth-order valence-corrected chi connectivity index (χ4v) is 1.44. The van der Waals surface area contributed by atoms with Gasteiger partial charge in [0.05, 0.1) is 25.4 Å². The Morgan fingerprint density at radius 2 is 1.58 bits per heavy atom. The summed E-state index contributed by atoms with van der Waals surface area (Å²) in [5, 5.41) is 17.7. The third-order valence-corrected chi connectivity index (χ3v) is 1.83. The maximum Gasteiger partial charge on any atom is 0.163 e. The molecule has 1 saturated heterocycles. The van der Waals surface area contributed by atoms with Gasteiger partial charge in [0.25, 0.3) is 0 Å². The molecule has 2 atom stereocenters. The Labute approximate surface area is 72.1 Å². The second-order valence-corrected chi connectivity index (χ2v) is 3.48. The lowest BCUT2D eigenvalue weighted by Gasteiger charge is -2.39. The van der Waals surface area contributed by atoms with E-state index in [9.17, 15) is 0 Å². The lowest BCUT2D eigenvalue weighted by molar-refractivity contribution is -0.307. The molecule has 0 aromatic rings. The number of rotatable bonds is 2. The quantitative estimate of drug-likeness (QED) is 0.616. The molecule has 1 aliphatic heterocycles. The average Bonchev–Trinajstić information content (AvgIpc) is 2.01. The highest BCUT2D eigenvalue weighted by Gasteiger charge is 2.34. The molecule has 12 heavy (non-hydrogen) atoms. The first-order valence-electron chi connectivity index (χ1n) is 4.15.